The summed E-state index contributed by atoms with van der Waals surface area (Å²) in [6.45, 7) is 0.569. The van der Waals surface area contributed by atoms with Crippen molar-refractivity contribution in [1.82, 2.24) is 24.8 Å². The Balaban J connectivity index is 1.83. The second-order valence-corrected chi connectivity index (χ2v) is 7.39. The molecule has 2 aromatic heterocycles. The minimum atomic E-state index is -1.72. The summed E-state index contributed by atoms with van der Waals surface area (Å²) < 4.78 is 7.21. The molecule has 2 aromatic rings. The first-order valence-corrected chi connectivity index (χ1v) is 10.00. The van der Waals surface area contributed by atoms with Crippen molar-refractivity contribution in [1.29, 1.82) is 0 Å². The van der Waals surface area contributed by atoms with Crippen LogP contribution in [0.1, 0.15) is 32.1 Å². The standard InChI is InChI=1S/C18H29N7O5/c19-5-3-1-2-4-6-21-12(27)7-18(15(29)14(28)11(8-26)30-18)25-10-24-13-16(20)22-9-23-17(13)25/h9-11,14-15,26,28-29H,1-8,19H2,(H,21,27)(H2,20,22,23)/t11-,14-,15-,18-/m1/s1. The fourth-order valence-electron chi connectivity index (χ4n) is 3.72. The second-order valence-electron chi connectivity index (χ2n) is 7.39. The molecule has 1 amide bonds. The maximum absolute atomic E-state index is 12.7. The van der Waals surface area contributed by atoms with Crippen LogP contribution in [0.4, 0.5) is 5.82 Å². The zero-order valence-electron chi connectivity index (χ0n) is 16.6. The fraction of sp³-hybridized carbons (Fsp3) is 0.667. The number of unbranched alkanes of at least 4 members (excludes halogenated alkanes) is 3. The number of anilines is 1. The Bertz CT molecular complexity index is 863. The van der Waals surface area contributed by atoms with E-state index >= 15 is 0 Å². The number of carbonyl (C=O) groups excluding carboxylic acids is 1. The van der Waals surface area contributed by atoms with Crippen molar-refractivity contribution in [3.8, 4) is 0 Å². The largest absolute Gasteiger partial charge is 0.394 e. The van der Waals surface area contributed by atoms with Crippen molar-refractivity contribution in [2.75, 3.05) is 25.4 Å². The van der Waals surface area contributed by atoms with Gasteiger partial charge in [-0.15, -0.1) is 0 Å². The van der Waals surface area contributed by atoms with Crippen LogP contribution >= 0.6 is 0 Å². The lowest BCUT2D eigenvalue weighted by Gasteiger charge is -2.33. The molecule has 12 heteroatoms. The van der Waals surface area contributed by atoms with Crippen LogP contribution in [0.3, 0.4) is 0 Å². The third-order valence-corrected chi connectivity index (χ3v) is 5.34. The van der Waals surface area contributed by atoms with E-state index in [2.05, 4.69) is 20.3 Å². The van der Waals surface area contributed by atoms with Crippen molar-refractivity contribution >= 4 is 22.9 Å². The third-order valence-electron chi connectivity index (χ3n) is 5.34. The molecule has 0 aliphatic carbocycles. The Hall–Kier alpha value is -2.38. The van der Waals surface area contributed by atoms with Gasteiger partial charge in [-0.25, -0.2) is 15.0 Å². The molecule has 0 spiro atoms. The number of carbonyl (C=O) groups is 1. The molecule has 30 heavy (non-hydrogen) atoms. The predicted molar refractivity (Wildman–Crippen MR) is 107 cm³/mol. The van der Waals surface area contributed by atoms with Crippen molar-refractivity contribution in [3.05, 3.63) is 12.7 Å². The number of amides is 1. The van der Waals surface area contributed by atoms with E-state index < -0.39 is 30.6 Å². The van der Waals surface area contributed by atoms with E-state index in [1.807, 2.05) is 0 Å². The van der Waals surface area contributed by atoms with Gasteiger partial charge >= 0.3 is 0 Å². The number of hydrogen-bond donors (Lipinski definition) is 6. The number of imidazole rings is 1. The van der Waals surface area contributed by atoms with Gasteiger partial charge in [0.25, 0.3) is 0 Å². The highest BCUT2D eigenvalue weighted by Crippen LogP contribution is 2.40. The van der Waals surface area contributed by atoms with Gasteiger partial charge in [-0.3, -0.25) is 9.36 Å². The number of ether oxygens (including phenoxy) is 1. The molecule has 166 valence electrons. The molecule has 1 fully saturated rings. The zero-order valence-corrected chi connectivity index (χ0v) is 16.6. The van der Waals surface area contributed by atoms with Gasteiger partial charge in [0.2, 0.25) is 5.91 Å². The van der Waals surface area contributed by atoms with Crippen LogP contribution < -0.4 is 16.8 Å². The zero-order chi connectivity index (χ0) is 21.7. The van der Waals surface area contributed by atoms with E-state index in [0.29, 0.717) is 13.1 Å². The Kier molecular flexibility index (Phi) is 7.15. The lowest BCUT2D eigenvalue weighted by molar-refractivity contribution is -0.161. The average molecular weight is 423 g/mol. The highest BCUT2D eigenvalue weighted by atomic mass is 16.6. The number of aromatic nitrogens is 4. The molecular formula is C18H29N7O5. The lowest BCUT2D eigenvalue weighted by atomic mass is 9.98. The van der Waals surface area contributed by atoms with Gasteiger partial charge in [0, 0.05) is 6.54 Å². The first-order valence-electron chi connectivity index (χ1n) is 10.00. The normalized spacial score (nSPS) is 26.3. The Morgan fingerprint density at radius 3 is 2.70 bits per heavy atom. The minimum absolute atomic E-state index is 0.127. The first kappa shape index (κ1) is 22.3. The average Bonchev–Trinajstić information content (AvgIpc) is 3.27. The van der Waals surface area contributed by atoms with Crippen molar-refractivity contribution in [2.45, 2.75) is 56.1 Å². The second kappa shape index (κ2) is 9.62. The summed E-state index contributed by atoms with van der Waals surface area (Å²) in [5, 5.41) is 33.5. The van der Waals surface area contributed by atoms with Gasteiger partial charge < -0.3 is 36.8 Å². The van der Waals surface area contributed by atoms with Gasteiger partial charge in [0.05, 0.1) is 19.4 Å². The van der Waals surface area contributed by atoms with E-state index in [4.69, 9.17) is 16.2 Å². The summed E-state index contributed by atoms with van der Waals surface area (Å²) in [5.74, 6) is -0.259. The molecule has 1 aliphatic heterocycles. The fourth-order valence-corrected chi connectivity index (χ4v) is 3.72. The highest BCUT2D eigenvalue weighted by molar-refractivity contribution is 5.82. The molecule has 1 aliphatic rings. The van der Waals surface area contributed by atoms with Crippen LogP contribution in [0, 0.1) is 0 Å². The molecule has 0 radical (unpaired) electrons. The van der Waals surface area contributed by atoms with Gasteiger partial charge in [-0.05, 0) is 19.4 Å². The Morgan fingerprint density at radius 1 is 1.23 bits per heavy atom. The van der Waals surface area contributed by atoms with Crippen LogP contribution in [0.2, 0.25) is 0 Å². The van der Waals surface area contributed by atoms with Gasteiger partial charge in [-0.2, -0.15) is 0 Å². The molecule has 0 saturated carbocycles. The smallest absolute Gasteiger partial charge is 0.224 e. The van der Waals surface area contributed by atoms with Crippen LogP contribution in [-0.4, -0.2) is 78.8 Å². The summed E-state index contributed by atoms with van der Waals surface area (Å²) in [6.07, 6.45) is 1.89. The molecule has 4 atom stereocenters. The summed E-state index contributed by atoms with van der Waals surface area (Å²) >= 11 is 0. The van der Waals surface area contributed by atoms with E-state index in [-0.39, 0.29) is 29.3 Å². The summed E-state index contributed by atoms with van der Waals surface area (Å²) in [7, 11) is 0. The monoisotopic (exact) mass is 423 g/mol. The number of hydrogen-bond acceptors (Lipinski definition) is 10. The molecule has 0 aromatic carbocycles. The highest BCUT2D eigenvalue weighted by Gasteiger charge is 2.57. The minimum Gasteiger partial charge on any atom is -0.394 e. The molecule has 0 bridgehead atoms. The number of nitrogens with one attached hydrogen (secondary N) is 1. The molecule has 0 unspecified atom stereocenters. The molecule has 8 N–H and O–H groups in total. The van der Waals surface area contributed by atoms with E-state index in [1.165, 1.54) is 17.2 Å². The quantitative estimate of drug-likeness (QED) is 0.237. The number of nitrogens with two attached hydrogens (primary N) is 2. The molecule has 3 rings (SSSR count). The summed E-state index contributed by atoms with van der Waals surface area (Å²) in [4.78, 5) is 24.9. The van der Waals surface area contributed by atoms with Crippen molar-refractivity contribution < 1.29 is 24.9 Å². The molecular weight excluding hydrogens is 394 g/mol. The topological polar surface area (TPSA) is 195 Å². The SMILES string of the molecule is NCCCCCCNC(=O)C[C@@]1(n2cnc3c(N)ncnc32)O[C@H](CO)[C@@H](O)[C@H]1O. The summed E-state index contributed by atoms with van der Waals surface area (Å²) in [5.41, 5.74) is 10.1. The van der Waals surface area contributed by atoms with Crippen LogP contribution in [0.5, 0.6) is 0 Å². The lowest BCUT2D eigenvalue weighted by Crippen LogP contribution is -2.48. The first-order chi connectivity index (χ1) is 14.4. The van der Waals surface area contributed by atoms with E-state index in [1.54, 1.807) is 0 Å². The summed E-state index contributed by atoms with van der Waals surface area (Å²) in [6, 6.07) is 0. The third kappa shape index (κ3) is 4.23. The van der Waals surface area contributed by atoms with Crippen molar-refractivity contribution in [2.24, 2.45) is 5.73 Å². The number of rotatable bonds is 10. The maximum atomic E-state index is 12.7. The van der Waals surface area contributed by atoms with Crippen LogP contribution in [-0.2, 0) is 15.3 Å². The van der Waals surface area contributed by atoms with Crippen LogP contribution in [0.25, 0.3) is 11.2 Å². The predicted octanol–water partition coefficient (Wildman–Crippen LogP) is -1.80. The van der Waals surface area contributed by atoms with Gasteiger partial charge in [0.15, 0.2) is 17.2 Å². The van der Waals surface area contributed by atoms with E-state index in [9.17, 15) is 20.1 Å². The Labute approximate surface area is 173 Å². The van der Waals surface area contributed by atoms with E-state index in [0.717, 1.165) is 25.7 Å². The molecule has 1 saturated heterocycles. The number of aliphatic hydroxyl groups excluding tert-OH is 3. The molecule has 3 heterocycles. The number of aliphatic hydroxyl groups is 3. The number of nitrogen functional groups attached to an aromatic ring is 1. The maximum Gasteiger partial charge on any atom is 0.224 e. The molecule has 12 nitrogen and oxygen atoms in total. The van der Waals surface area contributed by atoms with Crippen LogP contribution in [0.15, 0.2) is 12.7 Å². The number of fused-ring (bicyclic) bond motifs is 1. The Morgan fingerprint density at radius 2 is 2.00 bits per heavy atom. The number of nitrogens with zero attached hydrogens (tertiary/aromatic N) is 4. The van der Waals surface area contributed by atoms with Crippen molar-refractivity contribution in [3.63, 3.8) is 0 Å². The van der Waals surface area contributed by atoms with Gasteiger partial charge in [0.1, 0.15) is 30.2 Å². The van der Waals surface area contributed by atoms with Gasteiger partial charge in [-0.1, -0.05) is 12.8 Å².